The van der Waals surface area contributed by atoms with Gasteiger partial charge in [-0.15, -0.1) is 0 Å². The van der Waals surface area contributed by atoms with Crippen LogP contribution in [-0.4, -0.2) is 36.2 Å². The van der Waals surface area contributed by atoms with Gasteiger partial charge in [0.25, 0.3) is 10.0 Å². The highest BCUT2D eigenvalue weighted by molar-refractivity contribution is 7.89. The summed E-state index contributed by atoms with van der Waals surface area (Å²) in [6.07, 6.45) is 4.37. The van der Waals surface area contributed by atoms with E-state index in [2.05, 4.69) is 10.3 Å². The minimum Gasteiger partial charge on any atom is -0.489 e. The number of ether oxygens (including phenoxy) is 1. The Bertz CT molecular complexity index is 1490. The highest BCUT2D eigenvalue weighted by Gasteiger charge is 2.41. The number of carbonyl (C=O) groups excluding carboxylic acids is 1. The van der Waals surface area contributed by atoms with Gasteiger partial charge in [0.2, 0.25) is 11.0 Å². The van der Waals surface area contributed by atoms with Crippen molar-refractivity contribution in [2.24, 2.45) is 0 Å². The fraction of sp³-hybridized carbons (Fsp3) is 0.231. The van der Waals surface area contributed by atoms with Gasteiger partial charge < -0.3 is 14.5 Å². The van der Waals surface area contributed by atoms with E-state index in [1.807, 2.05) is 36.4 Å². The standard InChI is InChI=1S/C26H24FN3O5S/c27-21-8-9-24-20(13-21)14-25(35-24)36(32,33)30-11-3-7-23(30)26(31)29-16-18-4-1-6-22(12-18)34-17-19-5-2-10-28-15-19/h1-2,4-6,8-10,12-15,23H,3,7,11,16-17H2,(H,29,31)/t23-/m0/s1. The molecule has 0 bridgehead atoms. The van der Waals surface area contributed by atoms with Gasteiger partial charge in [0.15, 0.2) is 0 Å². The first-order valence-corrected chi connectivity index (χ1v) is 12.9. The van der Waals surface area contributed by atoms with Crippen LogP contribution in [0.1, 0.15) is 24.0 Å². The number of aromatic nitrogens is 1. The molecule has 1 saturated heterocycles. The van der Waals surface area contributed by atoms with Gasteiger partial charge in [-0.2, -0.15) is 4.31 Å². The number of furan rings is 1. The lowest BCUT2D eigenvalue weighted by Crippen LogP contribution is -2.45. The summed E-state index contributed by atoms with van der Waals surface area (Å²) in [5.74, 6) is -0.228. The average Bonchev–Trinajstić information content (AvgIpc) is 3.55. The lowest BCUT2D eigenvalue weighted by Gasteiger charge is -2.22. The lowest BCUT2D eigenvalue weighted by molar-refractivity contribution is -0.124. The van der Waals surface area contributed by atoms with Crippen molar-refractivity contribution in [3.63, 3.8) is 0 Å². The molecule has 1 aliphatic heterocycles. The first kappa shape index (κ1) is 24.0. The summed E-state index contributed by atoms with van der Waals surface area (Å²) in [6.45, 7) is 0.785. The van der Waals surface area contributed by atoms with Crippen LogP contribution in [-0.2, 0) is 28.0 Å². The Balaban J connectivity index is 1.24. The van der Waals surface area contributed by atoms with Gasteiger partial charge in [-0.1, -0.05) is 18.2 Å². The highest BCUT2D eigenvalue weighted by atomic mass is 32.2. The van der Waals surface area contributed by atoms with Crippen molar-refractivity contribution in [3.05, 3.63) is 90.0 Å². The molecule has 1 atom stereocenters. The normalized spacial score (nSPS) is 16.3. The molecule has 0 spiro atoms. The predicted molar refractivity (Wildman–Crippen MR) is 130 cm³/mol. The largest absolute Gasteiger partial charge is 0.489 e. The maximum absolute atomic E-state index is 13.5. The number of hydrogen-bond donors (Lipinski definition) is 1. The summed E-state index contributed by atoms with van der Waals surface area (Å²) in [4.78, 5) is 17.0. The number of nitrogens with zero attached hydrogens (tertiary/aromatic N) is 2. The summed E-state index contributed by atoms with van der Waals surface area (Å²) in [5, 5.41) is 2.88. The van der Waals surface area contributed by atoms with Crippen LogP contribution in [0.15, 0.2) is 82.6 Å². The summed E-state index contributed by atoms with van der Waals surface area (Å²) in [6, 6.07) is 15.3. The number of amides is 1. The molecule has 186 valence electrons. The fourth-order valence-electron chi connectivity index (χ4n) is 4.22. The van der Waals surface area contributed by atoms with E-state index in [0.29, 0.717) is 30.6 Å². The van der Waals surface area contributed by atoms with E-state index >= 15 is 0 Å². The van der Waals surface area contributed by atoms with Gasteiger partial charge in [-0.05, 0) is 54.8 Å². The van der Waals surface area contributed by atoms with Gasteiger partial charge in [0.05, 0.1) is 0 Å². The number of halogens is 1. The van der Waals surface area contributed by atoms with Crippen LogP contribution in [0.3, 0.4) is 0 Å². The van der Waals surface area contributed by atoms with Crippen molar-refractivity contribution in [2.45, 2.75) is 37.1 Å². The van der Waals surface area contributed by atoms with Crippen LogP contribution in [0.4, 0.5) is 4.39 Å². The van der Waals surface area contributed by atoms with E-state index in [1.165, 1.54) is 24.3 Å². The van der Waals surface area contributed by atoms with Crippen molar-refractivity contribution in [1.29, 1.82) is 0 Å². The van der Waals surface area contributed by atoms with Gasteiger partial charge >= 0.3 is 0 Å². The molecule has 4 aromatic rings. The van der Waals surface area contributed by atoms with Crippen LogP contribution in [0.5, 0.6) is 5.75 Å². The molecule has 1 N–H and O–H groups in total. The SMILES string of the molecule is O=C(NCc1cccc(OCc2cccnc2)c1)[C@@H]1CCCN1S(=O)(=O)c1cc2cc(F)ccc2o1. The minimum atomic E-state index is -4.07. The molecule has 0 saturated carbocycles. The molecular weight excluding hydrogens is 485 g/mol. The van der Waals surface area contributed by atoms with E-state index in [4.69, 9.17) is 9.15 Å². The third kappa shape index (κ3) is 5.09. The average molecular weight is 510 g/mol. The van der Waals surface area contributed by atoms with Crippen molar-refractivity contribution in [3.8, 4) is 5.75 Å². The molecule has 2 aromatic carbocycles. The zero-order chi connectivity index (χ0) is 25.1. The lowest BCUT2D eigenvalue weighted by atomic mass is 10.2. The molecule has 2 aromatic heterocycles. The molecule has 1 amide bonds. The Hall–Kier alpha value is -3.76. The highest BCUT2D eigenvalue weighted by Crippen LogP contribution is 2.30. The van der Waals surface area contributed by atoms with E-state index in [-0.39, 0.29) is 29.7 Å². The van der Waals surface area contributed by atoms with E-state index in [9.17, 15) is 17.6 Å². The van der Waals surface area contributed by atoms with Crippen LogP contribution in [0, 0.1) is 5.82 Å². The van der Waals surface area contributed by atoms with Gasteiger partial charge in [0, 0.05) is 42.5 Å². The van der Waals surface area contributed by atoms with Gasteiger partial charge in [-0.25, -0.2) is 12.8 Å². The molecule has 0 unspecified atom stereocenters. The number of benzene rings is 2. The number of pyridine rings is 1. The van der Waals surface area contributed by atoms with Crippen molar-refractivity contribution in [1.82, 2.24) is 14.6 Å². The third-order valence-electron chi connectivity index (χ3n) is 6.02. The molecule has 1 fully saturated rings. The number of fused-ring (bicyclic) bond motifs is 1. The Kier molecular flexibility index (Phi) is 6.71. The van der Waals surface area contributed by atoms with E-state index in [1.54, 1.807) is 12.4 Å². The summed E-state index contributed by atoms with van der Waals surface area (Å²) in [5.41, 5.74) is 2.02. The number of carbonyl (C=O) groups is 1. The number of nitrogens with one attached hydrogen (secondary N) is 1. The zero-order valence-corrected chi connectivity index (χ0v) is 20.1. The monoisotopic (exact) mass is 509 g/mol. The second-order valence-corrected chi connectivity index (χ2v) is 10.4. The summed E-state index contributed by atoms with van der Waals surface area (Å²) < 4.78 is 52.5. The number of rotatable bonds is 8. The Labute approximate surface area is 207 Å². The minimum absolute atomic E-state index is 0.198. The van der Waals surface area contributed by atoms with Crippen molar-refractivity contribution < 1.29 is 26.8 Å². The second-order valence-electron chi connectivity index (χ2n) is 8.54. The Morgan fingerprint density at radius 3 is 2.83 bits per heavy atom. The maximum Gasteiger partial charge on any atom is 0.277 e. The van der Waals surface area contributed by atoms with E-state index in [0.717, 1.165) is 15.4 Å². The quantitative estimate of drug-likeness (QED) is 0.385. The first-order valence-electron chi connectivity index (χ1n) is 11.5. The molecule has 1 aliphatic rings. The Morgan fingerprint density at radius 1 is 1.14 bits per heavy atom. The fourth-order valence-corrected chi connectivity index (χ4v) is 5.83. The van der Waals surface area contributed by atoms with Gasteiger partial charge in [0.1, 0.15) is 29.8 Å². The molecule has 36 heavy (non-hydrogen) atoms. The number of sulfonamides is 1. The van der Waals surface area contributed by atoms with Crippen LogP contribution in [0.25, 0.3) is 11.0 Å². The summed E-state index contributed by atoms with van der Waals surface area (Å²) in [7, 11) is -4.07. The molecule has 5 rings (SSSR count). The summed E-state index contributed by atoms with van der Waals surface area (Å²) >= 11 is 0. The molecule has 0 aliphatic carbocycles. The zero-order valence-electron chi connectivity index (χ0n) is 19.3. The molecule has 0 radical (unpaired) electrons. The molecule has 3 heterocycles. The van der Waals surface area contributed by atoms with Crippen LogP contribution in [0.2, 0.25) is 0 Å². The number of hydrogen-bond acceptors (Lipinski definition) is 6. The van der Waals surface area contributed by atoms with Crippen molar-refractivity contribution in [2.75, 3.05) is 6.54 Å². The second kappa shape index (κ2) is 10.1. The maximum atomic E-state index is 13.5. The topological polar surface area (TPSA) is 102 Å². The first-order chi connectivity index (χ1) is 17.4. The van der Waals surface area contributed by atoms with Gasteiger partial charge in [-0.3, -0.25) is 9.78 Å². The smallest absolute Gasteiger partial charge is 0.277 e. The molecule has 8 nitrogen and oxygen atoms in total. The molecular formula is C26H24FN3O5S. The third-order valence-corrected chi connectivity index (χ3v) is 7.78. The van der Waals surface area contributed by atoms with E-state index < -0.39 is 21.9 Å². The molecule has 10 heteroatoms. The van der Waals surface area contributed by atoms with Crippen molar-refractivity contribution >= 4 is 26.9 Å². The van der Waals surface area contributed by atoms with Crippen LogP contribution < -0.4 is 10.1 Å². The van der Waals surface area contributed by atoms with Crippen LogP contribution >= 0.6 is 0 Å². The Morgan fingerprint density at radius 2 is 2.00 bits per heavy atom. The predicted octanol–water partition coefficient (Wildman–Crippen LogP) is 4.02.